The molecule has 0 spiro atoms. The van der Waals surface area contributed by atoms with Gasteiger partial charge in [0.05, 0.1) is 5.75 Å². The topological polar surface area (TPSA) is 64.1 Å². The first-order valence-corrected chi connectivity index (χ1v) is 6.66. The van der Waals surface area contributed by atoms with Gasteiger partial charge in [0.2, 0.25) is 0 Å². The van der Waals surface area contributed by atoms with Crippen LogP contribution >= 0.6 is 0 Å². The molecule has 1 aromatic rings. The molecule has 0 aromatic carbocycles. The Balaban J connectivity index is 2.45. The zero-order valence-corrected chi connectivity index (χ0v) is 9.33. The van der Waals surface area contributed by atoms with Crippen LogP contribution in [0.3, 0.4) is 0 Å². The third-order valence-electron chi connectivity index (χ3n) is 1.92. The average Bonchev–Trinajstić information content (AvgIpc) is 2.17. The summed E-state index contributed by atoms with van der Waals surface area (Å²) < 4.78 is 21.7. The smallest absolute Gasteiger partial charge is 0.163 e. The molecule has 82 valence electrons. The van der Waals surface area contributed by atoms with Crippen molar-refractivity contribution in [2.75, 3.05) is 12.0 Å². The van der Waals surface area contributed by atoms with E-state index in [-0.39, 0.29) is 18.0 Å². The Morgan fingerprint density at radius 1 is 1.33 bits per heavy atom. The van der Waals surface area contributed by atoms with Gasteiger partial charge in [0.25, 0.3) is 0 Å². The minimum Gasteiger partial charge on any atom is -0.294 e. The standard InChI is InChI=1S/C10H13NO3S/c1-15(13,14)8-2-3-10(12)9-4-6-11-7-5-9/h4-7H,2-3,8H2,1H3. The lowest BCUT2D eigenvalue weighted by molar-refractivity contribution is 0.0982. The molecule has 1 aromatic heterocycles. The summed E-state index contributed by atoms with van der Waals surface area (Å²) in [7, 11) is -2.97. The maximum Gasteiger partial charge on any atom is 0.163 e. The summed E-state index contributed by atoms with van der Waals surface area (Å²) >= 11 is 0. The molecule has 0 radical (unpaired) electrons. The molecule has 0 fully saturated rings. The summed E-state index contributed by atoms with van der Waals surface area (Å²) in [6, 6.07) is 3.26. The molecule has 0 aliphatic heterocycles. The highest BCUT2D eigenvalue weighted by atomic mass is 32.2. The molecule has 0 saturated heterocycles. The second kappa shape index (κ2) is 5.02. The van der Waals surface area contributed by atoms with Gasteiger partial charge in [-0.05, 0) is 18.6 Å². The molecule has 15 heavy (non-hydrogen) atoms. The van der Waals surface area contributed by atoms with Crippen molar-refractivity contribution in [3.8, 4) is 0 Å². The highest BCUT2D eigenvalue weighted by Gasteiger charge is 2.07. The van der Waals surface area contributed by atoms with Crippen molar-refractivity contribution in [1.29, 1.82) is 0 Å². The predicted octanol–water partition coefficient (Wildman–Crippen LogP) is 1.09. The van der Waals surface area contributed by atoms with E-state index in [2.05, 4.69) is 4.98 Å². The second-order valence-electron chi connectivity index (χ2n) is 3.39. The van der Waals surface area contributed by atoms with Crippen LogP contribution in [0.1, 0.15) is 23.2 Å². The molecule has 1 heterocycles. The van der Waals surface area contributed by atoms with Crippen LogP contribution < -0.4 is 0 Å². The lowest BCUT2D eigenvalue weighted by Crippen LogP contribution is -2.06. The number of pyridine rings is 1. The van der Waals surface area contributed by atoms with Crippen molar-refractivity contribution >= 4 is 15.6 Å². The minimum atomic E-state index is -2.97. The molecule has 0 N–H and O–H groups in total. The number of rotatable bonds is 5. The van der Waals surface area contributed by atoms with Gasteiger partial charge in [-0.2, -0.15) is 0 Å². The number of hydrogen-bond acceptors (Lipinski definition) is 4. The third-order valence-corrected chi connectivity index (χ3v) is 2.95. The monoisotopic (exact) mass is 227 g/mol. The Morgan fingerprint density at radius 3 is 2.47 bits per heavy atom. The van der Waals surface area contributed by atoms with Crippen LogP contribution in [-0.4, -0.2) is 31.2 Å². The maximum atomic E-state index is 11.5. The van der Waals surface area contributed by atoms with Crippen LogP contribution in [0.15, 0.2) is 24.5 Å². The predicted molar refractivity (Wildman–Crippen MR) is 57.5 cm³/mol. The van der Waals surface area contributed by atoms with Crippen molar-refractivity contribution < 1.29 is 13.2 Å². The van der Waals surface area contributed by atoms with Gasteiger partial charge in [0.1, 0.15) is 9.84 Å². The number of aromatic nitrogens is 1. The van der Waals surface area contributed by atoms with Crippen molar-refractivity contribution in [3.05, 3.63) is 30.1 Å². The van der Waals surface area contributed by atoms with E-state index < -0.39 is 9.84 Å². The Morgan fingerprint density at radius 2 is 1.93 bits per heavy atom. The van der Waals surface area contributed by atoms with Crippen molar-refractivity contribution in [1.82, 2.24) is 4.98 Å². The molecule has 0 bridgehead atoms. The van der Waals surface area contributed by atoms with E-state index in [4.69, 9.17) is 0 Å². The number of carbonyl (C=O) groups excluding carboxylic acids is 1. The fourth-order valence-corrected chi connectivity index (χ4v) is 1.85. The number of Topliss-reactive ketones (excluding diaryl/α,β-unsaturated/α-hetero) is 1. The molecule has 1 rings (SSSR count). The largest absolute Gasteiger partial charge is 0.294 e. The number of hydrogen-bond donors (Lipinski definition) is 0. The van der Waals surface area contributed by atoms with Crippen LogP contribution in [0.25, 0.3) is 0 Å². The van der Waals surface area contributed by atoms with Crippen LogP contribution in [0.5, 0.6) is 0 Å². The van der Waals surface area contributed by atoms with E-state index in [0.717, 1.165) is 0 Å². The van der Waals surface area contributed by atoms with Gasteiger partial charge in [-0.25, -0.2) is 8.42 Å². The Bertz CT molecular complexity index is 425. The Kier molecular flexibility index (Phi) is 3.96. The summed E-state index contributed by atoms with van der Waals surface area (Å²) in [4.78, 5) is 15.3. The summed E-state index contributed by atoms with van der Waals surface area (Å²) in [6.45, 7) is 0. The highest BCUT2D eigenvalue weighted by molar-refractivity contribution is 7.90. The molecule has 0 aliphatic carbocycles. The number of sulfone groups is 1. The number of carbonyl (C=O) groups is 1. The zero-order chi connectivity index (χ0) is 11.3. The van der Waals surface area contributed by atoms with Crippen molar-refractivity contribution in [3.63, 3.8) is 0 Å². The SMILES string of the molecule is CS(=O)(=O)CCCC(=O)c1ccncc1. The summed E-state index contributed by atoms with van der Waals surface area (Å²) in [5.74, 6) is 0.0187. The Labute approximate surface area is 89.3 Å². The van der Waals surface area contributed by atoms with Crippen LogP contribution in [0.4, 0.5) is 0 Å². The van der Waals surface area contributed by atoms with Crippen LogP contribution in [-0.2, 0) is 9.84 Å². The molecule has 4 nitrogen and oxygen atoms in total. The van der Waals surface area contributed by atoms with Gasteiger partial charge >= 0.3 is 0 Å². The van der Waals surface area contributed by atoms with Gasteiger partial charge < -0.3 is 0 Å². The fourth-order valence-electron chi connectivity index (χ4n) is 1.18. The van der Waals surface area contributed by atoms with Crippen LogP contribution in [0, 0.1) is 0 Å². The van der Waals surface area contributed by atoms with Gasteiger partial charge in [-0.15, -0.1) is 0 Å². The van der Waals surface area contributed by atoms with Gasteiger partial charge in [0, 0.05) is 30.6 Å². The lowest BCUT2D eigenvalue weighted by Gasteiger charge is -1.99. The maximum absolute atomic E-state index is 11.5. The van der Waals surface area contributed by atoms with E-state index >= 15 is 0 Å². The van der Waals surface area contributed by atoms with Crippen LogP contribution in [0.2, 0.25) is 0 Å². The van der Waals surface area contributed by atoms with E-state index in [1.54, 1.807) is 24.5 Å². The molecule has 5 heteroatoms. The zero-order valence-electron chi connectivity index (χ0n) is 8.51. The molecular formula is C10H13NO3S. The molecule has 0 saturated carbocycles. The Hall–Kier alpha value is -1.23. The van der Waals surface area contributed by atoms with E-state index in [1.807, 2.05) is 0 Å². The summed E-state index contributed by atoms with van der Waals surface area (Å²) in [5.41, 5.74) is 0.582. The number of ketones is 1. The normalized spacial score (nSPS) is 11.3. The van der Waals surface area contributed by atoms with Crippen molar-refractivity contribution in [2.45, 2.75) is 12.8 Å². The highest BCUT2D eigenvalue weighted by Crippen LogP contribution is 2.04. The molecule has 0 aliphatic rings. The summed E-state index contributed by atoms with van der Waals surface area (Å²) in [5, 5.41) is 0. The van der Waals surface area contributed by atoms with Gasteiger partial charge in [-0.1, -0.05) is 0 Å². The quantitative estimate of drug-likeness (QED) is 0.706. The van der Waals surface area contributed by atoms with Gasteiger partial charge in [-0.3, -0.25) is 9.78 Å². The molecule has 0 unspecified atom stereocenters. The fraction of sp³-hybridized carbons (Fsp3) is 0.400. The number of nitrogens with zero attached hydrogens (tertiary/aromatic N) is 1. The second-order valence-corrected chi connectivity index (χ2v) is 5.65. The van der Waals surface area contributed by atoms with E-state index in [9.17, 15) is 13.2 Å². The molecule has 0 atom stereocenters. The van der Waals surface area contributed by atoms with Gasteiger partial charge in [0.15, 0.2) is 5.78 Å². The van der Waals surface area contributed by atoms with Crippen molar-refractivity contribution in [2.24, 2.45) is 0 Å². The third kappa shape index (κ3) is 4.69. The minimum absolute atomic E-state index is 0.0407. The first kappa shape index (κ1) is 11.8. The average molecular weight is 227 g/mol. The molecular weight excluding hydrogens is 214 g/mol. The van der Waals surface area contributed by atoms with E-state index in [1.165, 1.54) is 6.26 Å². The van der Waals surface area contributed by atoms with E-state index in [0.29, 0.717) is 12.0 Å². The lowest BCUT2D eigenvalue weighted by atomic mass is 10.1. The summed E-state index contributed by atoms with van der Waals surface area (Å²) in [6.07, 6.45) is 4.90. The molecule has 0 amide bonds. The first-order chi connectivity index (χ1) is 6.99. The first-order valence-electron chi connectivity index (χ1n) is 4.60.